The zero-order valence-corrected chi connectivity index (χ0v) is 15.3. The van der Waals surface area contributed by atoms with Gasteiger partial charge in [0.25, 0.3) is 0 Å². The molecule has 4 rings (SSSR count). The molecule has 0 bridgehead atoms. The van der Waals surface area contributed by atoms with E-state index in [4.69, 9.17) is 0 Å². The van der Waals surface area contributed by atoms with Crippen molar-refractivity contribution < 1.29 is 9.90 Å². The maximum Gasteiger partial charge on any atom is 0.225 e. The summed E-state index contributed by atoms with van der Waals surface area (Å²) in [5, 5.41) is 10.2. The van der Waals surface area contributed by atoms with Crippen LogP contribution >= 0.6 is 0 Å². The predicted octanol–water partition coefficient (Wildman–Crippen LogP) is 1.17. The number of aliphatic hydroxyl groups excluding tert-OH is 1. The molecule has 1 amide bonds. The first-order valence-corrected chi connectivity index (χ1v) is 9.47. The van der Waals surface area contributed by atoms with Crippen molar-refractivity contribution >= 4 is 5.91 Å². The van der Waals surface area contributed by atoms with Gasteiger partial charge < -0.3 is 10.0 Å². The maximum absolute atomic E-state index is 12.6. The number of carbonyl (C=O) groups is 1. The first kappa shape index (κ1) is 17.0. The Balaban J connectivity index is 1.48. The summed E-state index contributed by atoms with van der Waals surface area (Å²) in [6.07, 6.45) is 0.543. The number of β-amino-alcohol motifs (C(OH)–C–C–N with tert-alkyl or cyclic N) is 1. The molecule has 3 heterocycles. The van der Waals surface area contributed by atoms with Gasteiger partial charge in [-0.3, -0.25) is 14.6 Å². The Hall–Kier alpha value is -1.43. The highest BCUT2D eigenvalue weighted by atomic mass is 16.3. The molecule has 0 aromatic heterocycles. The van der Waals surface area contributed by atoms with Crippen LogP contribution in [0.25, 0.3) is 0 Å². The van der Waals surface area contributed by atoms with Crippen molar-refractivity contribution in [2.24, 2.45) is 5.92 Å². The molecule has 5 nitrogen and oxygen atoms in total. The molecule has 136 valence electrons. The Labute approximate surface area is 150 Å². The molecule has 0 radical (unpaired) electrons. The smallest absolute Gasteiger partial charge is 0.225 e. The lowest BCUT2D eigenvalue weighted by atomic mass is 9.83. The molecular formula is C20H29N3O2. The lowest BCUT2D eigenvalue weighted by Crippen LogP contribution is -2.78. The van der Waals surface area contributed by atoms with Crippen LogP contribution in [0.15, 0.2) is 30.3 Å². The van der Waals surface area contributed by atoms with Gasteiger partial charge in [-0.25, -0.2) is 0 Å². The average molecular weight is 343 g/mol. The van der Waals surface area contributed by atoms with Crippen LogP contribution in [0.1, 0.15) is 25.8 Å². The molecule has 1 spiro atoms. The second-order valence-corrected chi connectivity index (χ2v) is 8.42. The number of fused-ring (bicyclic) bond motifs is 2. The Morgan fingerprint density at radius 1 is 1.20 bits per heavy atom. The summed E-state index contributed by atoms with van der Waals surface area (Å²) in [6, 6.07) is 10.9. The number of benzene rings is 1. The van der Waals surface area contributed by atoms with Gasteiger partial charge >= 0.3 is 0 Å². The normalized spacial score (nSPS) is 29.0. The van der Waals surface area contributed by atoms with Gasteiger partial charge in [0.1, 0.15) is 0 Å². The van der Waals surface area contributed by atoms with Gasteiger partial charge in [0.05, 0.1) is 11.6 Å². The number of piperazine rings is 1. The van der Waals surface area contributed by atoms with E-state index in [1.807, 2.05) is 19.9 Å². The van der Waals surface area contributed by atoms with E-state index in [0.29, 0.717) is 6.04 Å². The highest BCUT2D eigenvalue weighted by Crippen LogP contribution is 2.39. The van der Waals surface area contributed by atoms with Gasteiger partial charge in [-0.05, 0) is 12.0 Å². The molecule has 0 aliphatic carbocycles. The zero-order chi connectivity index (χ0) is 17.6. The topological polar surface area (TPSA) is 47.0 Å². The number of rotatable bonds is 3. The SMILES string of the molecule is CC(C)C(=O)N1C[C@H]2C[C@@H](O)CN2C2(CN(Cc3ccccc3)C2)C1. The highest BCUT2D eigenvalue weighted by Gasteiger charge is 2.56. The van der Waals surface area contributed by atoms with Crippen molar-refractivity contribution in [2.75, 3.05) is 32.7 Å². The third-order valence-corrected chi connectivity index (χ3v) is 6.01. The fraction of sp³-hybridized carbons (Fsp3) is 0.650. The van der Waals surface area contributed by atoms with E-state index >= 15 is 0 Å². The minimum Gasteiger partial charge on any atom is -0.392 e. The minimum atomic E-state index is -0.251. The molecule has 5 heteroatoms. The van der Waals surface area contributed by atoms with Crippen LogP contribution in [0.3, 0.4) is 0 Å². The lowest BCUT2D eigenvalue weighted by molar-refractivity contribution is -0.153. The van der Waals surface area contributed by atoms with E-state index in [0.717, 1.165) is 45.7 Å². The third-order valence-electron chi connectivity index (χ3n) is 6.01. The molecule has 3 saturated heterocycles. The Morgan fingerprint density at radius 3 is 2.60 bits per heavy atom. The van der Waals surface area contributed by atoms with E-state index in [9.17, 15) is 9.90 Å². The summed E-state index contributed by atoms with van der Waals surface area (Å²) >= 11 is 0. The summed E-state index contributed by atoms with van der Waals surface area (Å²) in [6.45, 7) is 9.21. The monoisotopic (exact) mass is 343 g/mol. The predicted molar refractivity (Wildman–Crippen MR) is 97.0 cm³/mol. The van der Waals surface area contributed by atoms with Crippen LogP contribution in [-0.2, 0) is 11.3 Å². The van der Waals surface area contributed by atoms with E-state index in [2.05, 4.69) is 39.0 Å². The molecule has 3 fully saturated rings. The molecule has 1 aromatic carbocycles. The quantitative estimate of drug-likeness (QED) is 0.895. The first-order chi connectivity index (χ1) is 12.0. The number of likely N-dealkylation sites (tertiary alicyclic amines) is 1. The van der Waals surface area contributed by atoms with Gasteiger partial charge in [-0.15, -0.1) is 0 Å². The minimum absolute atomic E-state index is 0.0275. The highest BCUT2D eigenvalue weighted by molar-refractivity contribution is 5.78. The van der Waals surface area contributed by atoms with Crippen LogP contribution in [-0.4, -0.2) is 76.1 Å². The largest absolute Gasteiger partial charge is 0.392 e. The van der Waals surface area contributed by atoms with Crippen LogP contribution < -0.4 is 0 Å². The van der Waals surface area contributed by atoms with E-state index < -0.39 is 0 Å². The molecule has 3 aliphatic rings. The maximum atomic E-state index is 12.6. The number of hydrogen-bond acceptors (Lipinski definition) is 4. The van der Waals surface area contributed by atoms with Gasteiger partial charge in [0, 0.05) is 51.2 Å². The Morgan fingerprint density at radius 2 is 1.92 bits per heavy atom. The van der Waals surface area contributed by atoms with Crippen molar-refractivity contribution in [2.45, 2.75) is 44.5 Å². The lowest BCUT2D eigenvalue weighted by Gasteiger charge is -2.61. The number of nitrogens with zero attached hydrogens (tertiary/aromatic N) is 3. The second-order valence-electron chi connectivity index (χ2n) is 8.42. The standard InChI is InChI=1S/C20H29N3O2/c1-15(2)19(25)22-10-17-8-18(24)11-23(17)20(14-22)12-21(13-20)9-16-6-4-3-5-7-16/h3-7,15,17-18,24H,8-14H2,1-2H3/t17-,18-/m1/s1. The van der Waals surface area contributed by atoms with Crippen LogP contribution in [0.4, 0.5) is 0 Å². The fourth-order valence-electron chi connectivity index (χ4n) is 4.97. The van der Waals surface area contributed by atoms with Crippen molar-refractivity contribution in [3.63, 3.8) is 0 Å². The number of carbonyl (C=O) groups excluding carboxylic acids is 1. The van der Waals surface area contributed by atoms with Crippen molar-refractivity contribution in [1.29, 1.82) is 0 Å². The van der Waals surface area contributed by atoms with Crippen LogP contribution in [0, 0.1) is 5.92 Å². The summed E-state index contributed by atoms with van der Waals surface area (Å²) in [7, 11) is 0. The first-order valence-electron chi connectivity index (χ1n) is 9.47. The van der Waals surface area contributed by atoms with Gasteiger partial charge in [-0.1, -0.05) is 44.2 Å². The summed E-state index contributed by atoms with van der Waals surface area (Å²) in [5.41, 5.74) is 1.36. The third kappa shape index (κ3) is 3.09. The van der Waals surface area contributed by atoms with E-state index in [-0.39, 0.29) is 23.5 Å². The summed E-state index contributed by atoms with van der Waals surface area (Å²) < 4.78 is 0. The molecule has 0 unspecified atom stereocenters. The Kier molecular flexibility index (Phi) is 4.34. The molecule has 0 saturated carbocycles. The average Bonchev–Trinajstić information content (AvgIpc) is 2.94. The number of hydrogen-bond donors (Lipinski definition) is 1. The molecule has 2 atom stereocenters. The Bertz CT molecular complexity index is 627. The van der Waals surface area contributed by atoms with Gasteiger partial charge in [0.15, 0.2) is 0 Å². The van der Waals surface area contributed by atoms with Gasteiger partial charge in [-0.2, -0.15) is 0 Å². The van der Waals surface area contributed by atoms with Crippen molar-refractivity contribution in [3.8, 4) is 0 Å². The van der Waals surface area contributed by atoms with Crippen molar-refractivity contribution in [1.82, 2.24) is 14.7 Å². The number of aliphatic hydroxyl groups is 1. The summed E-state index contributed by atoms with van der Waals surface area (Å²) in [4.78, 5) is 19.6. The molecular weight excluding hydrogens is 314 g/mol. The molecule has 25 heavy (non-hydrogen) atoms. The van der Waals surface area contributed by atoms with Gasteiger partial charge in [0.2, 0.25) is 5.91 Å². The van der Waals surface area contributed by atoms with Crippen LogP contribution in [0.5, 0.6) is 0 Å². The summed E-state index contributed by atoms with van der Waals surface area (Å²) in [5.74, 6) is 0.289. The number of amides is 1. The van der Waals surface area contributed by atoms with E-state index in [1.54, 1.807) is 0 Å². The molecule has 3 aliphatic heterocycles. The van der Waals surface area contributed by atoms with Crippen LogP contribution in [0.2, 0.25) is 0 Å². The van der Waals surface area contributed by atoms with E-state index in [1.165, 1.54) is 5.56 Å². The second kappa shape index (κ2) is 6.38. The zero-order valence-electron chi connectivity index (χ0n) is 15.3. The molecule has 1 aromatic rings. The molecule has 1 N–H and O–H groups in total. The fourth-order valence-corrected chi connectivity index (χ4v) is 4.97. The van der Waals surface area contributed by atoms with Crippen molar-refractivity contribution in [3.05, 3.63) is 35.9 Å².